The Balaban J connectivity index is 1.08. The van der Waals surface area contributed by atoms with E-state index in [0.29, 0.717) is 0 Å². The Bertz CT molecular complexity index is 3840. The molecule has 0 aliphatic carbocycles. The second-order valence-electron chi connectivity index (χ2n) is 19.9. The van der Waals surface area contributed by atoms with Gasteiger partial charge < -0.3 is 18.6 Å². The molecule has 0 fully saturated rings. The monoisotopic (exact) mass is 850 g/mol. The van der Waals surface area contributed by atoms with E-state index in [9.17, 15) is 0 Å². The third-order valence-corrected chi connectivity index (χ3v) is 15.3. The molecule has 4 nitrogen and oxygen atoms in total. The lowest BCUT2D eigenvalue weighted by Gasteiger charge is -2.43. The van der Waals surface area contributed by atoms with Crippen LogP contribution in [0.4, 0.5) is 34.1 Å². The van der Waals surface area contributed by atoms with Crippen molar-refractivity contribution in [3.8, 4) is 0 Å². The third kappa shape index (κ3) is 4.93. The first-order chi connectivity index (χ1) is 32.0. The van der Waals surface area contributed by atoms with Crippen LogP contribution in [0.3, 0.4) is 0 Å². The highest BCUT2D eigenvalue weighted by Crippen LogP contribution is 2.58. The van der Waals surface area contributed by atoms with Crippen molar-refractivity contribution in [2.24, 2.45) is 0 Å². The van der Waals surface area contributed by atoms with Gasteiger partial charge in [-0.3, -0.25) is 0 Å². The number of nitrogens with zero attached hydrogens (tertiary/aromatic N) is 2. The molecule has 66 heavy (non-hydrogen) atoms. The molecule has 14 rings (SSSR count). The van der Waals surface area contributed by atoms with Crippen LogP contribution < -0.4 is 9.80 Å². The number of fused-ring (bicyclic) bond motifs is 15. The molecule has 0 unspecified atom stereocenters. The number of hydrogen-bond donors (Lipinski definition) is 0. The molecule has 0 saturated carbocycles. The van der Waals surface area contributed by atoms with Gasteiger partial charge in [0.05, 0.1) is 34.1 Å². The quantitative estimate of drug-likeness (QED) is 0.162. The average Bonchev–Trinajstić information content (AvgIpc) is 3.88. The molecule has 0 N–H and O–H groups in total. The fourth-order valence-corrected chi connectivity index (χ4v) is 12.0. The van der Waals surface area contributed by atoms with Crippen molar-refractivity contribution in [1.29, 1.82) is 0 Å². The van der Waals surface area contributed by atoms with Crippen LogP contribution >= 0.6 is 0 Å². The lowest BCUT2D eigenvalue weighted by atomic mass is 9.72. The molecule has 316 valence electrons. The summed E-state index contributed by atoms with van der Waals surface area (Å²) in [6.45, 7) is 13.9. The summed E-state index contributed by atoms with van der Waals surface area (Å²) in [5.74, 6) is 0. The summed E-state index contributed by atoms with van der Waals surface area (Å²) in [4.78, 5) is 5.06. The van der Waals surface area contributed by atoms with Gasteiger partial charge in [-0.15, -0.1) is 0 Å². The largest absolute Gasteiger partial charge is 0.456 e. The maximum atomic E-state index is 6.64. The topological polar surface area (TPSA) is 32.8 Å². The van der Waals surface area contributed by atoms with Gasteiger partial charge in [0.2, 0.25) is 0 Å². The Hall–Kier alpha value is -7.82. The zero-order chi connectivity index (χ0) is 44.4. The van der Waals surface area contributed by atoms with Gasteiger partial charge in [0, 0.05) is 55.3 Å². The predicted molar refractivity (Wildman–Crippen MR) is 277 cm³/mol. The zero-order valence-electron chi connectivity index (χ0n) is 37.9. The summed E-state index contributed by atoms with van der Waals surface area (Å²) in [6.07, 6.45) is 0. The van der Waals surface area contributed by atoms with Crippen molar-refractivity contribution in [1.82, 2.24) is 0 Å². The van der Waals surface area contributed by atoms with E-state index in [4.69, 9.17) is 8.83 Å². The summed E-state index contributed by atoms with van der Waals surface area (Å²) in [7, 11) is 0. The summed E-state index contributed by atoms with van der Waals surface area (Å²) < 4.78 is 13.3. The first-order valence-corrected chi connectivity index (χ1v) is 23.2. The molecule has 2 aliphatic rings. The molecule has 0 bridgehead atoms. The van der Waals surface area contributed by atoms with Crippen LogP contribution in [0.5, 0.6) is 0 Å². The molecule has 2 aromatic heterocycles. The Morgan fingerprint density at radius 3 is 1.08 bits per heavy atom. The Morgan fingerprint density at radius 2 is 0.652 bits per heavy atom. The molecular formula is C62H46N2O2. The SMILES string of the molecule is Cc1ccc2c(c1)N(c1cc3c4ccccc4c(N4c5cc(C)ccc5C(C)(C)c5cc6c(cc54)oc4ccccc46)cc3c3ccccc13)c1cc3oc4ccccc4c3cc1C2(C)C. The molecule has 10 aromatic carbocycles. The average molecular weight is 851 g/mol. The lowest BCUT2D eigenvalue weighted by Crippen LogP contribution is -2.31. The molecule has 0 amide bonds. The van der Waals surface area contributed by atoms with Gasteiger partial charge in [-0.2, -0.15) is 0 Å². The zero-order valence-corrected chi connectivity index (χ0v) is 37.9. The van der Waals surface area contributed by atoms with Crippen molar-refractivity contribution < 1.29 is 8.83 Å². The van der Waals surface area contributed by atoms with Crippen LogP contribution in [0.15, 0.2) is 179 Å². The second-order valence-corrected chi connectivity index (χ2v) is 19.9. The van der Waals surface area contributed by atoms with Crippen LogP contribution in [0.1, 0.15) is 61.1 Å². The third-order valence-electron chi connectivity index (χ3n) is 15.3. The molecule has 2 aliphatic heterocycles. The molecule has 4 heteroatoms. The number of rotatable bonds is 2. The van der Waals surface area contributed by atoms with Crippen molar-refractivity contribution in [2.75, 3.05) is 9.80 Å². The molecular weight excluding hydrogens is 805 g/mol. The van der Waals surface area contributed by atoms with Crippen molar-refractivity contribution in [2.45, 2.75) is 52.4 Å². The van der Waals surface area contributed by atoms with E-state index in [1.165, 1.54) is 77.1 Å². The van der Waals surface area contributed by atoms with E-state index in [2.05, 4.69) is 221 Å². The minimum atomic E-state index is -0.266. The highest BCUT2D eigenvalue weighted by Gasteiger charge is 2.40. The van der Waals surface area contributed by atoms with Crippen LogP contribution in [0, 0.1) is 13.8 Å². The highest BCUT2D eigenvalue weighted by atomic mass is 16.3. The van der Waals surface area contributed by atoms with Gasteiger partial charge >= 0.3 is 0 Å². The Morgan fingerprint density at radius 1 is 0.288 bits per heavy atom. The fraction of sp³-hybridized carbons (Fsp3) is 0.129. The van der Waals surface area contributed by atoms with E-state index in [-0.39, 0.29) is 10.8 Å². The van der Waals surface area contributed by atoms with Crippen molar-refractivity contribution in [3.05, 3.63) is 203 Å². The van der Waals surface area contributed by atoms with Crippen LogP contribution in [0.25, 0.3) is 76.2 Å². The minimum absolute atomic E-state index is 0.266. The predicted octanol–water partition coefficient (Wildman–Crippen LogP) is 17.8. The normalized spacial score (nSPS) is 15.0. The second kappa shape index (κ2) is 12.9. The molecule has 0 radical (unpaired) electrons. The maximum absolute atomic E-state index is 6.64. The lowest BCUT2D eigenvalue weighted by molar-refractivity contribution is 0.630. The van der Waals surface area contributed by atoms with Gasteiger partial charge in [-0.1, -0.05) is 137 Å². The van der Waals surface area contributed by atoms with Crippen LogP contribution in [0.2, 0.25) is 0 Å². The summed E-state index contributed by atoms with van der Waals surface area (Å²) in [5.41, 5.74) is 17.7. The summed E-state index contributed by atoms with van der Waals surface area (Å²) in [6, 6.07) is 63.1. The first kappa shape index (κ1) is 37.5. The standard InChI is InChI=1S/C62H46N2O2/c1-35-23-25-47-53(27-35)63(55-33-59-45(29-49(55)61(47,3)4)41-19-11-13-21-57(41)65-59)51-31-43-38-16-8-10-18-40(38)52(32-44(43)37-15-7-9-17-39(37)51)64-54-28-36(2)24-26-48(54)62(5,6)50-30-46-42-20-12-14-22-58(42)66-60(46)34-56(50)64/h7-34H,1-6H3. The van der Waals surface area contributed by atoms with Gasteiger partial charge in [0.1, 0.15) is 22.3 Å². The van der Waals surface area contributed by atoms with Gasteiger partial charge in [0.25, 0.3) is 0 Å². The van der Waals surface area contributed by atoms with E-state index in [1.807, 2.05) is 0 Å². The summed E-state index contributed by atoms with van der Waals surface area (Å²) in [5, 5.41) is 11.8. The maximum Gasteiger partial charge on any atom is 0.137 e. The van der Waals surface area contributed by atoms with Crippen molar-refractivity contribution in [3.63, 3.8) is 0 Å². The van der Waals surface area contributed by atoms with E-state index in [1.54, 1.807) is 0 Å². The number of hydrogen-bond acceptors (Lipinski definition) is 4. The molecule has 0 spiro atoms. The number of aryl methyl sites for hydroxylation is 2. The Labute approximate surface area is 382 Å². The van der Waals surface area contributed by atoms with Gasteiger partial charge in [-0.05, 0) is 117 Å². The number of para-hydroxylation sites is 2. The fourth-order valence-electron chi connectivity index (χ4n) is 12.0. The number of anilines is 6. The van der Waals surface area contributed by atoms with Crippen LogP contribution in [-0.2, 0) is 10.8 Å². The van der Waals surface area contributed by atoms with Gasteiger partial charge in [0.15, 0.2) is 0 Å². The first-order valence-electron chi connectivity index (χ1n) is 23.2. The highest BCUT2D eigenvalue weighted by molar-refractivity contribution is 6.25. The van der Waals surface area contributed by atoms with E-state index in [0.717, 1.165) is 66.6 Å². The molecule has 4 heterocycles. The Kier molecular flexibility index (Phi) is 7.35. The smallest absolute Gasteiger partial charge is 0.137 e. The molecule has 12 aromatic rings. The van der Waals surface area contributed by atoms with E-state index < -0.39 is 0 Å². The van der Waals surface area contributed by atoms with Gasteiger partial charge in [-0.25, -0.2) is 0 Å². The van der Waals surface area contributed by atoms with Crippen LogP contribution in [-0.4, -0.2) is 0 Å². The number of furan rings is 2. The molecule has 0 saturated heterocycles. The molecule has 0 atom stereocenters. The summed E-state index contributed by atoms with van der Waals surface area (Å²) >= 11 is 0. The van der Waals surface area contributed by atoms with Crippen molar-refractivity contribution >= 4 is 110 Å². The van der Waals surface area contributed by atoms with E-state index >= 15 is 0 Å². The number of benzene rings is 10. The minimum Gasteiger partial charge on any atom is -0.456 e.